The van der Waals surface area contributed by atoms with Crippen LogP contribution in [0, 0.1) is 0 Å². The number of carboxylic acids is 1. The van der Waals surface area contributed by atoms with Crippen molar-refractivity contribution < 1.29 is 9.90 Å². The van der Waals surface area contributed by atoms with Gasteiger partial charge in [-0.15, -0.1) is 0 Å². The Morgan fingerprint density at radius 3 is 2.73 bits per heavy atom. The van der Waals surface area contributed by atoms with Crippen LogP contribution in [0.2, 0.25) is 0 Å². The minimum absolute atomic E-state index is 0.193. The van der Waals surface area contributed by atoms with E-state index in [0.29, 0.717) is 5.88 Å². The number of hydrazone groups is 1. The molecule has 1 N–H and O–H groups in total. The molecule has 0 atom stereocenters. The van der Waals surface area contributed by atoms with E-state index in [4.69, 9.17) is 5.11 Å². The molecule has 1 aliphatic rings. The molecule has 0 spiro atoms. The van der Waals surface area contributed by atoms with Crippen molar-refractivity contribution in [3.05, 3.63) is 0 Å². The molecule has 0 aromatic heterocycles. The van der Waals surface area contributed by atoms with Crippen molar-refractivity contribution in [1.29, 1.82) is 0 Å². The Kier molecular flexibility index (Phi) is 2.38. The summed E-state index contributed by atoms with van der Waals surface area (Å²) in [7, 11) is 0. The normalized spacial score (nSPS) is 17.4. The highest BCUT2D eigenvalue weighted by Gasteiger charge is 2.21. The van der Waals surface area contributed by atoms with E-state index in [-0.39, 0.29) is 11.1 Å². The van der Waals surface area contributed by atoms with Crippen LogP contribution in [0.4, 0.5) is 0 Å². The molecule has 0 aliphatic carbocycles. The molecule has 0 saturated carbocycles. The minimum atomic E-state index is -0.932. The van der Waals surface area contributed by atoms with Gasteiger partial charge in [-0.25, -0.2) is 4.79 Å². The molecule has 0 aromatic rings. The van der Waals surface area contributed by atoms with Crippen molar-refractivity contribution in [1.82, 2.24) is 5.01 Å². The Bertz CT molecular complexity index is 203. The lowest BCUT2D eigenvalue weighted by Crippen LogP contribution is -2.21. The maximum Gasteiger partial charge on any atom is 0.363 e. The Morgan fingerprint density at radius 1 is 1.82 bits per heavy atom. The van der Waals surface area contributed by atoms with Gasteiger partial charge in [-0.2, -0.15) is 5.10 Å². The summed E-state index contributed by atoms with van der Waals surface area (Å²) in [5.41, 5.74) is 0. The molecule has 62 valence electrons. The molecule has 0 fully saturated rings. The van der Waals surface area contributed by atoms with E-state index in [0.717, 1.165) is 0 Å². The first kappa shape index (κ1) is 8.39. The van der Waals surface area contributed by atoms with Crippen molar-refractivity contribution in [2.24, 2.45) is 5.10 Å². The maximum atomic E-state index is 10.4. The molecule has 11 heavy (non-hydrogen) atoms. The van der Waals surface area contributed by atoms with Gasteiger partial charge >= 0.3 is 5.97 Å². The molecule has 0 bridgehead atoms. The molecule has 0 aromatic carbocycles. The summed E-state index contributed by atoms with van der Waals surface area (Å²) in [4.78, 5) is 10.4. The van der Waals surface area contributed by atoms with Crippen LogP contribution in [0.3, 0.4) is 0 Å². The van der Waals surface area contributed by atoms with Crippen molar-refractivity contribution in [2.75, 3.05) is 5.88 Å². The second kappa shape index (κ2) is 3.13. The highest BCUT2D eigenvalue weighted by Crippen LogP contribution is 2.18. The Balaban J connectivity index is 2.61. The Hall–Kier alpha value is -0.710. The number of aliphatic carboxylic acids is 1. The zero-order valence-corrected chi connectivity index (χ0v) is 7.26. The second-order valence-corrected chi connectivity index (χ2v) is 3.45. The van der Waals surface area contributed by atoms with Gasteiger partial charge in [-0.3, -0.25) is 5.01 Å². The van der Waals surface area contributed by atoms with Gasteiger partial charge in [0.25, 0.3) is 0 Å². The highest BCUT2D eigenvalue weighted by molar-refractivity contribution is 8.15. The molecule has 0 radical (unpaired) electrons. The summed E-state index contributed by atoms with van der Waals surface area (Å²) in [5.74, 6) is -0.280. The number of hydrogen-bond donors (Lipinski definition) is 1. The van der Waals surface area contributed by atoms with Gasteiger partial charge in [0.15, 0.2) is 0 Å². The maximum absolute atomic E-state index is 10.4. The highest BCUT2D eigenvalue weighted by atomic mass is 32.2. The quantitative estimate of drug-likeness (QED) is 0.672. The first-order valence-electron chi connectivity index (χ1n) is 3.32. The number of carbonyl (C=O) groups is 1. The van der Waals surface area contributed by atoms with Crippen LogP contribution in [-0.4, -0.2) is 33.0 Å². The third-order valence-corrected chi connectivity index (χ3v) is 2.26. The van der Waals surface area contributed by atoms with Crippen LogP contribution < -0.4 is 0 Å². The van der Waals surface area contributed by atoms with Crippen LogP contribution in [0.5, 0.6) is 0 Å². The van der Waals surface area contributed by atoms with Gasteiger partial charge in [0.2, 0.25) is 5.04 Å². The number of thioether (sulfide) groups is 1. The molecule has 0 amide bonds. The number of rotatable bonds is 2. The summed E-state index contributed by atoms with van der Waals surface area (Å²) in [5, 5.41) is 14.4. The predicted octanol–water partition coefficient (Wildman–Crippen LogP) is 0.799. The van der Waals surface area contributed by atoms with Gasteiger partial charge in [-0.1, -0.05) is 11.8 Å². The van der Waals surface area contributed by atoms with E-state index in [2.05, 4.69) is 5.10 Å². The number of nitrogens with zero attached hydrogens (tertiary/aromatic N) is 2. The molecular weight excluding hydrogens is 164 g/mol. The van der Waals surface area contributed by atoms with Crippen molar-refractivity contribution >= 4 is 22.8 Å². The van der Waals surface area contributed by atoms with Gasteiger partial charge in [0, 0.05) is 6.04 Å². The van der Waals surface area contributed by atoms with Crippen LogP contribution >= 0.6 is 11.8 Å². The summed E-state index contributed by atoms with van der Waals surface area (Å²) in [6.45, 7) is 3.96. The zero-order valence-electron chi connectivity index (χ0n) is 6.44. The van der Waals surface area contributed by atoms with Gasteiger partial charge in [0.1, 0.15) is 0 Å². The van der Waals surface area contributed by atoms with E-state index >= 15 is 0 Å². The molecule has 0 unspecified atom stereocenters. The molecule has 4 nitrogen and oxygen atoms in total. The molecule has 1 aliphatic heterocycles. The Morgan fingerprint density at radius 2 is 2.45 bits per heavy atom. The van der Waals surface area contributed by atoms with Gasteiger partial charge in [-0.05, 0) is 13.8 Å². The lowest BCUT2D eigenvalue weighted by atomic mass is 10.4. The number of hydrogen-bond acceptors (Lipinski definition) is 4. The van der Waals surface area contributed by atoms with Gasteiger partial charge in [0.05, 0.1) is 5.88 Å². The third kappa shape index (κ3) is 1.86. The Labute approximate surface area is 69.3 Å². The molecule has 5 heteroatoms. The fourth-order valence-corrected chi connectivity index (χ4v) is 1.57. The van der Waals surface area contributed by atoms with E-state index < -0.39 is 5.97 Å². The first-order chi connectivity index (χ1) is 5.11. The summed E-state index contributed by atoms with van der Waals surface area (Å²) in [6, 6.07) is 0.277. The van der Waals surface area contributed by atoms with Gasteiger partial charge < -0.3 is 5.11 Å². The fourth-order valence-electron chi connectivity index (χ4n) is 0.671. The SMILES string of the molecule is CC(C)N1CSC(C(=O)O)=N1. The molecular formula is C6H10N2O2S. The molecule has 1 heterocycles. The van der Waals surface area contributed by atoms with Crippen LogP contribution in [0.25, 0.3) is 0 Å². The third-order valence-electron chi connectivity index (χ3n) is 1.33. The smallest absolute Gasteiger partial charge is 0.363 e. The standard InChI is InChI=1S/C6H10N2O2S/c1-4(2)8-3-11-5(7-8)6(9)10/h4H,3H2,1-2H3,(H,9,10). The van der Waals surface area contributed by atoms with Crippen molar-refractivity contribution in [3.8, 4) is 0 Å². The van der Waals surface area contributed by atoms with E-state index in [1.165, 1.54) is 11.8 Å². The van der Waals surface area contributed by atoms with E-state index in [1.807, 2.05) is 13.8 Å². The molecule has 0 saturated heterocycles. The van der Waals surface area contributed by atoms with Crippen LogP contribution in [0.15, 0.2) is 5.10 Å². The lowest BCUT2D eigenvalue weighted by Gasteiger charge is -2.16. The average Bonchev–Trinajstić information content (AvgIpc) is 2.33. The van der Waals surface area contributed by atoms with Crippen LogP contribution in [-0.2, 0) is 4.79 Å². The lowest BCUT2D eigenvalue weighted by molar-refractivity contribution is -0.129. The van der Waals surface area contributed by atoms with E-state index in [9.17, 15) is 4.79 Å². The monoisotopic (exact) mass is 174 g/mol. The van der Waals surface area contributed by atoms with Crippen molar-refractivity contribution in [3.63, 3.8) is 0 Å². The fraction of sp³-hybridized carbons (Fsp3) is 0.667. The average molecular weight is 174 g/mol. The first-order valence-corrected chi connectivity index (χ1v) is 4.31. The summed E-state index contributed by atoms with van der Waals surface area (Å²) in [6.07, 6.45) is 0. The van der Waals surface area contributed by atoms with E-state index in [1.54, 1.807) is 5.01 Å². The minimum Gasteiger partial charge on any atom is -0.476 e. The van der Waals surface area contributed by atoms with Crippen LogP contribution in [0.1, 0.15) is 13.8 Å². The summed E-state index contributed by atoms with van der Waals surface area (Å²) >= 11 is 1.26. The largest absolute Gasteiger partial charge is 0.476 e. The zero-order chi connectivity index (χ0) is 8.43. The topological polar surface area (TPSA) is 52.9 Å². The second-order valence-electron chi connectivity index (χ2n) is 2.52. The molecule has 1 rings (SSSR count). The van der Waals surface area contributed by atoms with Crippen molar-refractivity contribution in [2.45, 2.75) is 19.9 Å². The summed E-state index contributed by atoms with van der Waals surface area (Å²) < 4.78 is 0. The predicted molar refractivity (Wildman–Crippen MR) is 44.5 cm³/mol. The number of carboxylic acid groups (broad SMARTS) is 1.